The van der Waals surface area contributed by atoms with Gasteiger partial charge in [-0.1, -0.05) is 18.7 Å². The quantitative estimate of drug-likeness (QED) is 0.612. The Morgan fingerprint density at radius 3 is 2.93 bits per heavy atom. The predicted octanol–water partition coefficient (Wildman–Crippen LogP) is 2.82. The molecule has 14 heavy (non-hydrogen) atoms. The summed E-state index contributed by atoms with van der Waals surface area (Å²) in [5.41, 5.74) is 0.492. The first-order valence-electron chi connectivity index (χ1n) is 4.16. The number of hydrogen-bond acceptors (Lipinski definition) is 5. The number of thioether (sulfide) groups is 1. The van der Waals surface area contributed by atoms with Crippen LogP contribution in [0.5, 0.6) is 11.5 Å². The molecule has 1 heterocycles. The van der Waals surface area contributed by atoms with Gasteiger partial charge in [0.05, 0.1) is 4.70 Å². The van der Waals surface area contributed by atoms with Crippen molar-refractivity contribution in [1.29, 1.82) is 0 Å². The number of phenolic OH excluding ortho intramolecular Hbond substituents is 2. The number of thiazole rings is 1. The molecule has 0 amide bonds. The fraction of sp³-hybridized carbons (Fsp3) is 0.222. The van der Waals surface area contributed by atoms with E-state index < -0.39 is 0 Å². The number of fused-ring (bicyclic) bond motifs is 1. The van der Waals surface area contributed by atoms with E-state index in [0.717, 1.165) is 14.8 Å². The highest BCUT2D eigenvalue weighted by Crippen LogP contribution is 2.38. The van der Waals surface area contributed by atoms with E-state index in [9.17, 15) is 10.2 Å². The van der Waals surface area contributed by atoms with Crippen molar-refractivity contribution < 1.29 is 10.2 Å². The molecule has 1 aromatic carbocycles. The Morgan fingerprint density at radius 1 is 1.43 bits per heavy atom. The van der Waals surface area contributed by atoms with Gasteiger partial charge in [-0.3, -0.25) is 0 Å². The molecule has 0 spiro atoms. The Balaban J connectivity index is 2.59. The summed E-state index contributed by atoms with van der Waals surface area (Å²) in [6.45, 7) is 2.05. The van der Waals surface area contributed by atoms with Crippen LogP contribution in [0.1, 0.15) is 6.92 Å². The third kappa shape index (κ3) is 1.53. The lowest BCUT2D eigenvalue weighted by atomic mass is 10.3. The molecule has 0 saturated heterocycles. The minimum atomic E-state index is -0.123. The summed E-state index contributed by atoms with van der Waals surface area (Å²) in [6, 6.07) is 3.25. The molecule has 2 aromatic rings. The van der Waals surface area contributed by atoms with E-state index in [2.05, 4.69) is 4.98 Å². The molecule has 1 aromatic heterocycles. The van der Waals surface area contributed by atoms with E-state index in [1.165, 1.54) is 17.4 Å². The monoisotopic (exact) mass is 227 g/mol. The van der Waals surface area contributed by atoms with Crippen molar-refractivity contribution in [3.63, 3.8) is 0 Å². The fourth-order valence-corrected chi connectivity index (χ4v) is 3.10. The number of aromatic hydroxyl groups is 2. The minimum absolute atomic E-state index is 0.115. The molecule has 0 aliphatic carbocycles. The van der Waals surface area contributed by atoms with Crippen molar-refractivity contribution in [2.45, 2.75) is 11.3 Å². The molecule has 0 saturated carbocycles. The number of rotatable bonds is 2. The molecule has 5 heteroatoms. The van der Waals surface area contributed by atoms with Gasteiger partial charge in [0.1, 0.15) is 5.52 Å². The van der Waals surface area contributed by atoms with Crippen LogP contribution in [0.4, 0.5) is 0 Å². The SMILES string of the molecule is CCSc1nc2c(O)c(O)ccc2s1. The van der Waals surface area contributed by atoms with Crippen LogP contribution >= 0.6 is 23.1 Å². The van der Waals surface area contributed by atoms with Crippen molar-refractivity contribution in [2.24, 2.45) is 0 Å². The number of aromatic nitrogens is 1. The number of phenols is 2. The molecule has 3 nitrogen and oxygen atoms in total. The maximum atomic E-state index is 9.52. The van der Waals surface area contributed by atoms with Crippen LogP contribution in [-0.2, 0) is 0 Å². The summed E-state index contributed by atoms with van der Waals surface area (Å²) in [6.07, 6.45) is 0. The van der Waals surface area contributed by atoms with Gasteiger partial charge < -0.3 is 10.2 Å². The molecule has 0 aliphatic heterocycles. The van der Waals surface area contributed by atoms with Gasteiger partial charge in [-0.15, -0.1) is 11.3 Å². The van der Waals surface area contributed by atoms with E-state index in [-0.39, 0.29) is 11.5 Å². The third-order valence-electron chi connectivity index (χ3n) is 1.76. The zero-order valence-electron chi connectivity index (χ0n) is 7.52. The topological polar surface area (TPSA) is 53.4 Å². The number of benzene rings is 1. The summed E-state index contributed by atoms with van der Waals surface area (Å²) in [5.74, 6) is 0.713. The Hall–Kier alpha value is -0.940. The molecule has 0 bridgehead atoms. The largest absolute Gasteiger partial charge is 0.504 e. The first-order chi connectivity index (χ1) is 6.72. The van der Waals surface area contributed by atoms with Crippen LogP contribution in [0, 0.1) is 0 Å². The van der Waals surface area contributed by atoms with Gasteiger partial charge >= 0.3 is 0 Å². The van der Waals surface area contributed by atoms with E-state index >= 15 is 0 Å². The Morgan fingerprint density at radius 2 is 2.21 bits per heavy atom. The van der Waals surface area contributed by atoms with Gasteiger partial charge in [0.15, 0.2) is 15.8 Å². The minimum Gasteiger partial charge on any atom is -0.504 e. The van der Waals surface area contributed by atoms with E-state index in [1.807, 2.05) is 6.92 Å². The Kier molecular flexibility index (Phi) is 2.52. The molecule has 2 N–H and O–H groups in total. The molecule has 0 atom stereocenters. The molecule has 2 rings (SSSR count). The highest BCUT2D eigenvalue weighted by atomic mass is 32.2. The average Bonchev–Trinajstić information content (AvgIpc) is 2.56. The second-order valence-electron chi connectivity index (χ2n) is 2.69. The molecular formula is C9H9NO2S2. The van der Waals surface area contributed by atoms with Crippen LogP contribution in [0.15, 0.2) is 16.5 Å². The smallest absolute Gasteiger partial charge is 0.185 e. The third-order valence-corrected chi connectivity index (χ3v) is 3.81. The number of hydrogen-bond donors (Lipinski definition) is 2. The zero-order valence-corrected chi connectivity index (χ0v) is 9.15. The lowest BCUT2D eigenvalue weighted by Crippen LogP contribution is -1.73. The molecular weight excluding hydrogens is 218 g/mol. The lowest BCUT2D eigenvalue weighted by Gasteiger charge is -1.95. The Bertz CT molecular complexity index is 467. The first-order valence-corrected chi connectivity index (χ1v) is 5.97. The van der Waals surface area contributed by atoms with Crippen LogP contribution < -0.4 is 0 Å². The summed E-state index contributed by atoms with van der Waals surface area (Å²) in [4.78, 5) is 4.23. The van der Waals surface area contributed by atoms with Gasteiger partial charge in [-0.2, -0.15) is 0 Å². The normalized spacial score (nSPS) is 10.9. The standard InChI is InChI=1S/C9H9NO2S2/c1-2-13-9-10-7-6(14-9)4-3-5(11)8(7)12/h3-4,11-12H,2H2,1H3. The van der Waals surface area contributed by atoms with Crippen molar-refractivity contribution in [3.05, 3.63) is 12.1 Å². The van der Waals surface area contributed by atoms with Crippen molar-refractivity contribution in [3.8, 4) is 11.5 Å². The molecule has 74 valence electrons. The summed E-state index contributed by atoms with van der Waals surface area (Å²) < 4.78 is 1.82. The van der Waals surface area contributed by atoms with E-state index in [4.69, 9.17) is 0 Å². The second kappa shape index (κ2) is 3.67. The van der Waals surface area contributed by atoms with Crippen LogP contribution in [-0.4, -0.2) is 20.9 Å². The highest BCUT2D eigenvalue weighted by molar-refractivity contribution is 8.01. The van der Waals surface area contributed by atoms with Gasteiger partial charge in [0, 0.05) is 0 Å². The van der Waals surface area contributed by atoms with Crippen LogP contribution in [0.2, 0.25) is 0 Å². The number of nitrogens with zero attached hydrogens (tertiary/aromatic N) is 1. The van der Waals surface area contributed by atoms with Crippen molar-refractivity contribution in [2.75, 3.05) is 5.75 Å². The van der Waals surface area contributed by atoms with Gasteiger partial charge in [0.25, 0.3) is 0 Å². The Labute approximate surface area is 89.4 Å². The maximum absolute atomic E-state index is 9.52. The maximum Gasteiger partial charge on any atom is 0.185 e. The van der Waals surface area contributed by atoms with Gasteiger partial charge in [-0.25, -0.2) is 4.98 Å². The second-order valence-corrected chi connectivity index (χ2v) is 5.23. The summed E-state index contributed by atoms with van der Waals surface area (Å²) in [5, 5.41) is 18.8. The van der Waals surface area contributed by atoms with Crippen LogP contribution in [0.25, 0.3) is 10.2 Å². The summed E-state index contributed by atoms with van der Waals surface area (Å²) >= 11 is 3.16. The van der Waals surface area contributed by atoms with Crippen molar-refractivity contribution in [1.82, 2.24) is 4.98 Å². The summed E-state index contributed by atoms with van der Waals surface area (Å²) in [7, 11) is 0. The fourth-order valence-electron chi connectivity index (χ4n) is 1.13. The van der Waals surface area contributed by atoms with Gasteiger partial charge in [-0.05, 0) is 17.9 Å². The zero-order chi connectivity index (χ0) is 10.1. The van der Waals surface area contributed by atoms with Gasteiger partial charge in [0.2, 0.25) is 0 Å². The highest BCUT2D eigenvalue weighted by Gasteiger charge is 2.10. The predicted molar refractivity (Wildman–Crippen MR) is 59.3 cm³/mol. The first kappa shape index (κ1) is 9.61. The van der Waals surface area contributed by atoms with E-state index in [0.29, 0.717) is 5.52 Å². The molecule has 0 aliphatic rings. The molecule has 0 unspecified atom stereocenters. The average molecular weight is 227 g/mol. The van der Waals surface area contributed by atoms with Crippen molar-refractivity contribution >= 4 is 33.3 Å². The molecule has 0 fully saturated rings. The molecule has 0 radical (unpaired) electrons. The lowest BCUT2D eigenvalue weighted by molar-refractivity contribution is 0.407. The van der Waals surface area contributed by atoms with E-state index in [1.54, 1.807) is 17.8 Å². The van der Waals surface area contributed by atoms with Crippen LogP contribution in [0.3, 0.4) is 0 Å².